The van der Waals surface area contributed by atoms with E-state index in [2.05, 4.69) is 0 Å². The lowest BCUT2D eigenvalue weighted by atomic mass is 14.0. The zero-order chi connectivity index (χ0) is 4.50. The summed E-state index contributed by atoms with van der Waals surface area (Å²) in [4.78, 5) is 0. The molecule has 0 heterocycles. The smallest absolute Gasteiger partial charge is 0.344 e. The third-order valence-corrected chi connectivity index (χ3v) is 0. The molecule has 0 aliphatic carbocycles. The maximum absolute atomic E-state index is 8.74. The van der Waals surface area contributed by atoms with E-state index in [-0.39, 0.29) is 13.7 Å². The Bertz CT molecular complexity index is 97.2. The average Bonchev–Trinajstić information content (AvgIpc) is 0.722. The molecule has 7 heteroatoms. The molecule has 8 N–H and O–H groups in total. The first-order chi connectivity index (χ1) is 2.00. The summed E-state index contributed by atoms with van der Waals surface area (Å²) >= 11 is 0. The second-order valence-corrected chi connectivity index (χ2v) is 1.34. The van der Waals surface area contributed by atoms with Crippen molar-refractivity contribution < 1.29 is 18.9 Å². The molecule has 0 saturated carbocycles. The third kappa shape index (κ3) is 1890. The monoisotopic (exact) mass is 134 g/mol. The van der Waals surface area contributed by atoms with Crippen LogP contribution in [0.2, 0.25) is 0 Å². The predicted octanol–water partition coefficient (Wildman–Crippen LogP) is -0.0828. The molecule has 0 aromatic rings. The van der Waals surface area contributed by atoms with Crippen molar-refractivity contribution in [3.8, 4) is 0 Å². The molecule has 0 bridgehead atoms. The van der Waals surface area contributed by atoms with Crippen LogP contribution in [0.3, 0.4) is 0 Å². The molecule has 6 nitrogen and oxygen atoms in total. The first kappa shape index (κ1) is 15.8. The van der Waals surface area contributed by atoms with Gasteiger partial charge in [-0.15, -0.1) is 0 Å². The van der Waals surface area contributed by atoms with Crippen molar-refractivity contribution >= 4 is 10.4 Å². The van der Waals surface area contributed by atoms with Crippen LogP contribution in [0.4, 0.5) is 0 Å². The van der Waals surface area contributed by atoms with Crippen LogP contribution in [0.15, 0.2) is 0 Å². The Morgan fingerprint density at radius 2 is 1.14 bits per heavy atom. The Hall–Kier alpha value is -0.210. The molecule has 50 valence electrons. The van der Waals surface area contributed by atoms with Crippen molar-refractivity contribution in [3.05, 3.63) is 0 Å². The van der Waals surface area contributed by atoms with Crippen LogP contribution in [0, 0.1) is 0 Å². The van der Waals surface area contributed by atoms with E-state index >= 15 is 0 Å². The van der Waals surface area contributed by atoms with Gasteiger partial charge in [0.15, 0.2) is 0 Å². The summed E-state index contributed by atoms with van der Waals surface area (Å²) in [7, 11) is -4.67. The van der Waals surface area contributed by atoms with Crippen LogP contribution in [0.5, 0.6) is 0 Å². The highest BCUT2D eigenvalue weighted by Gasteiger charge is 1.84. The number of hydrogen-bond donors (Lipinski definition) is 4. The standard InChI is InChI=1S/2H3N.H2O4S.H2/c;;1-5(2,3)4;/h2*1H3;(H2,1,2,3,4);1H. The molecule has 0 spiro atoms. The van der Waals surface area contributed by atoms with Crippen LogP contribution < -0.4 is 12.3 Å². The summed E-state index contributed by atoms with van der Waals surface area (Å²) in [5, 5.41) is 0. The van der Waals surface area contributed by atoms with Gasteiger partial charge in [0, 0.05) is 1.43 Å². The topological polar surface area (TPSA) is 145 Å². The summed E-state index contributed by atoms with van der Waals surface area (Å²) in [6.07, 6.45) is 0. The molecule has 0 unspecified atom stereocenters. The fourth-order valence-corrected chi connectivity index (χ4v) is 0. The van der Waals surface area contributed by atoms with Gasteiger partial charge in [0.25, 0.3) is 0 Å². The lowest BCUT2D eigenvalue weighted by Gasteiger charge is -1.68. The second-order valence-electron chi connectivity index (χ2n) is 0.448. The lowest BCUT2D eigenvalue weighted by molar-refractivity contribution is 0.381. The van der Waals surface area contributed by atoms with Crippen molar-refractivity contribution in [1.29, 1.82) is 0 Å². The van der Waals surface area contributed by atoms with E-state index in [0.29, 0.717) is 0 Å². The van der Waals surface area contributed by atoms with E-state index in [1.807, 2.05) is 0 Å². The minimum absolute atomic E-state index is 0. The zero-order valence-corrected chi connectivity index (χ0v) is 4.35. The summed E-state index contributed by atoms with van der Waals surface area (Å²) in [5.41, 5.74) is 0. The van der Waals surface area contributed by atoms with E-state index in [1.54, 1.807) is 0 Å². The largest absolute Gasteiger partial charge is 0.394 e. The molecule has 0 aliphatic heterocycles. The average molecular weight is 134 g/mol. The van der Waals surface area contributed by atoms with Gasteiger partial charge in [-0.3, -0.25) is 9.11 Å². The van der Waals surface area contributed by atoms with Crippen molar-refractivity contribution in [1.82, 2.24) is 12.3 Å². The predicted molar refractivity (Wildman–Crippen MR) is 26.3 cm³/mol. The van der Waals surface area contributed by atoms with Crippen LogP contribution in [-0.4, -0.2) is 17.5 Å². The Kier molecular flexibility index (Phi) is 8.97. The second kappa shape index (κ2) is 3.96. The molecule has 0 radical (unpaired) electrons. The van der Waals surface area contributed by atoms with Crippen LogP contribution in [-0.2, 0) is 10.4 Å². The SMILES string of the molecule is N.N.O=S(=O)(O)O.[HH]. The maximum Gasteiger partial charge on any atom is 0.394 e. The number of hydrogen-bond acceptors (Lipinski definition) is 4. The Morgan fingerprint density at radius 3 is 1.14 bits per heavy atom. The fraction of sp³-hybridized carbons (Fsp3) is 0. The quantitative estimate of drug-likeness (QED) is 0.341. The van der Waals surface area contributed by atoms with Gasteiger partial charge in [-0.25, -0.2) is 0 Å². The van der Waals surface area contributed by atoms with Gasteiger partial charge in [0.05, 0.1) is 0 Å². The van der Waals surface area contributed by atoms with Gasteiger partial charge >= 0.3 is 10.4 Å². The third-order valence-electron chi connectivity index (χ3n) is 0. The molecule has 0 aromatic carbocycles. The van der Waals surface area contributed by atoms with Gasteiger partial charge in [0.2, 0.25) is 0 Å². The summed E-state index contributed by atoms with van der Waals surface area (Å²) in [5.74, 6) is 0. The Morgan fingerprint density at radius 1 is 1.14 bits per heavy atom. The first-order valence-corrected chi connectivity index (χ1v) is 2.10. The van der Waals surface area contributed by atoms with Crippen LogP contribution >= 0.6 is 0 Å². The van der Waals surface area contributed by atoms with Gasteiger partial charge < -0.3 is 12.3 Å². The van der Waals surface area contributed by atoms with E-state index in [9.17, 15) is 0 Å². The molecular formula is H10N2O4S. The van der Waals surface area contributed by atoms with Gasteiger partial charge in [-0.2, -0.15) is 8.42 Å². The summed E-state index contributed by atoms with van der Waals surface area (Å²) in [6, 6.07) is 0. The molecule has 0 aromatic heterocycles. The zero-order valence-electron chi connectivity index (χ0n) is 3.53. The Labute approximate surface area is 42.8 Å². The summed E-state index contributed by atoms with van der Waals surface area (Å²) in [6.45, 7) is 0. The van der Waals surface area contributed by atoms with Gasteiger partial charge in [-0.05, 0) is 0 Å². The van der Waals surface area contributed by atoms with Crippen molar-refractivity contribution in [2.24, 2.45) is 0 Å². The molecule has 0 amide bonds. The van der Waals surface area contributed by atoms with Gasteiger partial charge in [0.1, 0.15) is 0 Å². The highest BCUT2D eigenvalue weighted by atomic mass is 32.3. The molecule has 0 saturated heterocycles. The highest BCUT2D eigenvalue weighted by Crippen LogP contribution is 1.59. The Balaban J connectivity index is -0.0000000267. The molecule has 0 aliphatic rings. The van der Waals surface area contributed by atoms with E-state index in [1.165, 1.54) is 0 Å². The highest BCUT2D eigenvalue weighted by molar-refractivity contribution is 7.79. The first-order valence-electron chi connectivity index (χ1n) is 0.698. The summed E-state index contributed by atoms with van der Waals surface area (Å²) < 4.78 is 31.6. The van der Waals surface area contributed by atoms with Gasteiger partial charge in [-0.1, -0.05) is 0 Å². The van der Waals surface area contributed by atoms with Crippen LogP contribution in [0.25, 0.3) is 0 Å². The van der Waals surface area contributed by atoms with Crippen molar-refractivity contribution in [3.63, 3.8) is 0 Å². The molecule has 7 heavy (non-hydrogen) atoms. The fourth-order valence-electron chi connectivity index (χ4n) is 0. The maximum atomic E-state index is 8.74. The molecule has 0 rings (SSSR count). The minimum Gasteiger partial charge on any atom is -0.344 e. The molecule has 0 fully saturated rings. The van der Waals surface area contributed by atoms with Crippen molar-refractivity contribution in [2.75, 3.05) is 0 Å². The van der Waals surface area contributed by atoms with E-state index < -0.39 is 10.4 Å². The lowest BCUT2D eigenvalue weighted by Crippen LogP contribution is -1.89. The van der Waals surface area contributed by atoms with Crippen molar-refractivity contribution in [2.45, 2.75) is 0 Å². The van der Waals surface area contributed by atoms with Crippen LogP contribution in [0.1, 0.15) is 1.43 Å². The molecule has 0 atom stereocenters. The van der Waals surface area contributed by atoms with E-state index in [4.69, 9.17) is 17.5 Å². The van der Waals surface area contributed by atoms with E-state index in [0.717, 1.165) is 0 Å². The number of rotatable bonds is 0. The molecular weight excluding hydrogens is 124 g/mol. The normalized spacial score (nSPS) is 8.29. The minimum atomic E-state index is -4.67.